The van der Waals surface area contributed by atoms with Crippen LogP contribution in [0.2, 0.25) is 0 Å². The Morgan fingerprint density at radius 2 is 2.00 bits per heavy atom. The molecule has 0 fully saturated rings. The zero-order chi connectivity index (χ0) is 19.2. The molecule has 0 unspecified atom stereocenters. The van der Waals surface area contributed by atoms with Gasteiger partial charge in [-0.3, -0.25) is 4.79 Å². The van der Waals surface area contributed by atoms with Gasteiger partial charge in [0.05, 0.1) is 7.11 Å². The summed E-state index contributed by atoms with van der Waals surface area (Å²) in [6.45, 7) is 3.72. The third kappa shape index (κ3) is 5.48. The van der Waals surface area contributed by atoms with Gasteiger partial charge in [-0.25, -0.2) is 13.1 Å². The quantitative estimate of drug-likeness (QED) is 0.494. The molecule has 1 aromatic heterocycles. The molecule has 2 aromatic rings. The van der Waals surface area contributed by atoms with Crippen molar-refractivity contribution in [2.45, 2.75) is 31.0 Å². The lowest BCUT2D eigenvalue weighted by Gasteiger charge is -2.08. The Hall–Kier alpha value is -2.04. The molecule has 0 saturated carbocycles. The topological polar surface area (TPSA) is 110 Å². The minimum Gasteiger partial charge on any atom is -0.496 e. The van der Waals surface area contributed by atoms with Crippen LogP contribution in [0.25, 0.3) is 0 Å². The van der Waals surface area contributed by atoms with Gasteiger partial charge in [0.25, 0.3) is 10.0 Å². The summed E-state index contributed by atoms with van der Waals surface area (Å²) in [5.74, 6) is 0.312. The highest BCUT2D eigenvalue weighted by Gasteiger charge is 2.21. The van der Waals surface area contributed by atoms with Crippen molar-refractivity contribution in [1.82, 2.24) is 14.9 Å². The van der Waals surface area contributed by atoms with E-state index in [1.165, 1.54) is 0 Å². The zero-order valence-electron chi connectivity index (χ0n) is 14.9. The number of rotatable bonds is 9. The fourth-order valence-electron chi connectivity index (χ4n) is 2.08. The number of sulfonamides is 1. The number of hydrogen-bond acceptors (Lipinski definition) is 7. The van der Waals surface area contributed by atoms with Crippen molar-refractivity contribution in [3.05, 3.63) is 29.8 Å². The van der Waals surface area contributed by atoms with Gasteiger partial charge in [-0.1, -0.05) is 43.4 Å². The van der Waals surface area contributed by atoms with Crippen LogP contribution in [0, 0.1) is 5.92 Å². The van der Waals surface area contributed by atoms with E-state index in [1.54, 1.807) is 21.0 Å². The molecule has 0 aliphatic heterocycles. The van der Waals surface area contributed by atoms with Gasteiger partial charge in [0, 0.05) is 12.5 Å². The molecule has 0 bridgehead atoms. The summed E-state index contributed by atoms with van der Waals surface area (Å²) in [6.07, 6.45) is 1.29. The van der Waals surface area contributed by atoms with Crippen molar-refractivity contribution in [2.75, 3.05) is 19.0 Å². The van der Waals surface area contributed by atoms with Crippen molar-refractivity contribution >= 4 is 32.4 Å². The average molecular weight is 399 g/mol. The molecule has 2 rings (SSSR count). The van der Waals surface area contributed by atoms with Gasteiger partial charge in [0.15, 0.2) is 0 Å². The fraction of sp³-hybridized carbons (Fsp3) is 0.438. The van der Waals surface area contributed by atoms with Crippen LogP contribution >= 0.6 is 11.3 Å². The Balaban J connectivity index is 1.89. The molecule has 2 N–H and O–H groups in total. The molecule has 8 nitrogen and oxygen atoms in total. The van der Waals surface area contributed by atoms with Gasteiger partial charge in [0.1, 0.15) is 5.75 Å². The number of aromatic nitrogens is 2. The van der Waals surface area contributed by atoms with Crippen molar-refractivity contribution in [3.8, 4) is 5.75 Å². The van der Waals surface area contributed by atoms with E-state index in [0.717, 1.165) is 22.6 Å². The van der Waals surface area contributed by atoms with Gasteiger partial charge in [-0.2, -0.15) is 0 Å². The van der Waals surface area contributed by atoms with Crippen molar-refractivity contribution in [3.63, 3.8) is 0 Å². The highest BCUT2D eigenvalue weighted by Crippen LogP contribution is 2.21. The summed E-state index contributed by atoms with van der Waals surface area (Å²) >= 11 is 0.821. The summed E-state index contributed by atoms with van der Waals surface area (Å²) in [4.78, 5) is 11.6. The summed E-state index contributed by atoms with van der Waals surface area (Å²) in [6, 6.07) is 7.61. The summed E-state index contributed by atoms with van der Waals surface area (Å²) in [5, 5.41) is 10.1. The number of carbonyl (C=O) groups is 1. The van der Waals surface area contributed by atoms with E-state index in [9.17, 15) is 13.2 Å². The average Bonchev–Trinajstić information content (AvgIpc) is 3.08. The van der Waals surface area contributed by atoms with E-state index >= 15 is 0 Å². The van der Waals surface area contributed by atoms with E-state index < -0.39 is 10.0 Å². The molecule has 0 saturated heterocycles. The first kappa shape index (κ1) is 20.3. The maximum Gasteiger partial charge on any atom is 0.269 e. The van der Waals surface area contributed by atoms with Gasteiger partial charge in [-0.05, 0) is 24.5 Å². The fourth-order valence-corrected chi connectivity index (χ4v) is 4.09. The summed E-state index contributed by atoms with van der Waals surface area (Å²) < 4.78 is 32.1. The van der Waals surface area contributed by atoms with Crippen LogP contribution in [0.4, 0.5) is 5.13 Å². The number of methoxy groups -OCH3 is 1. The molecular formula is C16H22N4O4S2. The van der Waals surface area contributed by atoms with E-state index in [0.29, 0.717) is 12.8 Å². The molecule has 0 spiro atoms. The molecule has 0 aliphatic rings. The third-order valence-electron chi connectivity index (χ3n) is 3.50. The van der Waals surface area contributed by atoms with Crippen LogP contribution in [0.1, 0.15) is 25.8 Å². The molecular weight excluding hydrogens is 376 g/mol. The highest BCUT2D eigenvalue weighted by molar-refractivity contribution is 7.91. The Labute approximate surface area is 157 Å². The lowest BCUT2D eigenvalue weighted by Crippen LogP contribution is -2.25. The van der Waals surface area contributed by atoms with Crippen LogP contribution < -0.4 is 14.8 Å². The number of anilines is 1. The SMILES string of the molecule is COc1ccccc1CCCNS(=O)(=O)c1nnc(NC(=O)C(C)C)s1. The minimum absolute atomic E-state index is 0.165. The highest BCUT2D eigenvalue weighted by atomic mass is 32.2. The van der Waals surface area contributed by atoms with E-state index in [4.69, 9.17) is 4.74 Å². The van der Waals surface area contributed by atoms with E-state index in [1.807, 2.05) is 24.3 Å². The van der Waals surface area contributed by atoms with Crippen LogP contribution in [0.15, 0.2) is 28.6 Å². The van der Waals surface area contributed by atoms with E-state index in [-0.39, 0.29) is 27.8 Å². The monoisotopic (exact) mass is 398 g/mol. The predicted octanol–water partition coefficient (Wildman–Crippen LogP) is 2.05. The molecule has 10 heteroatoms. The number of aryl methyl sites for hydroxylation is 1. The van der Waals surface area contributed by atoms with Gasteiger partial charge < -0.3 is 10.1 Å². The first-order chi connectivity index (χ1) is 12.3. The van der Waals surface area contributed by atoms with Crippen molar-refractivity contribution < 1.29 is 17.9 Å². The molecule has 0 radical (unpaired) electrons. The summed E-state index contributed by atoms with van der Waals surface area (Å²) in [5.41, 5.74) is 1.02. The molecule has 142 valence electrons. The van der Waals surface area contributed by atoms with E-state index in [2.05, 4.69) is 20.2 Å². The lowest BCUT2D eigenvalue weighted by atomic mass is 10.1. The number of nitrogens with one attached hydrogen (secondary N) is 2. The van der Waals surface area contributed by atoms with Crippen molar-refractivity contribution in [1.29, 1.82) is 0 Å². The molecule has 1 heterocycles. The number of nitrogens with zero attached hydrogens (tertiary/aromatic N) is 2. The second kappa shape index (κ2) is 9.06. The number of hydrogen-bond donors (Lipinski definition) is 2. The second-order valence-corrected chi connectivity index (χ2v) is 8.75. The standard InChI is InChI=1S/C16H22N4O4S2/c1-11(2)14(21)18-15-19-20-16(25-15)26(22,23)17-10-6-8-12-7-4-5-9-13(12)24-3/h4-5,7,9,11,17H,6,8,10H2,1-3H3,(H,18,19,21). The number of ether oxygens (including phenoxy) is 1. The maximum absolute atomic E-state index is 12.3. The van der Waals surface area contributed by atoms with Crippen LogP contribution in [-0.2, 0) is 21.2 Å². The predicted molar refractivity (Wildman–Crippen MR) is 99.9 cm³/mol. The molecule has 0 aliphatic carbocycles. The minimum atomic E-state index is -3.75. The van der Waals surface area contributed by atoms with Crippen molar-refractivity contribution in [2.24, 2.45) is 5.92 Å². The van der Waals surface area contributed by atoms with Gasteiger partial charge in [-0.15, -0.1) is 10.2 Å². The largest absolute Gasteiger partial charge is 0.496 e. The normalized spacial score (nSPS) is 11.5. The van der Waals surface area contributed by atoms with Gasteiger partial charge >= 0.3 is 0 Å². The van der Waals surface area contributed by atoms with Crippen LogP contribution in [0.5, 0.6) is 5.75 Å². The lowest BCUT2D eigenvalue weighted by molar-refractivity contribution is -0.118. The molecule has 0 atom stereocenters. The summed E-state index contributed by atoms with van der Waals surface area (Å²) in [7, 11) is -2.15. The van der Waals surface area contributed by atoms with Crippen LogP contribution in [-0.4, -0.2) is 38.2 Å². The number of amides is 1. The van der Waals surface area contributed by atoms with Crippen LogP contribution in [0.3, 0.4) is 0 Å². The maximum atomic E-state index is 12.3. The Bertz CT molecular complexity index is 849. The first-order valence-corrected chi connectivity index (χ1v) is 10.4. The molecule has 1 amide bonds. The smallest absolute Gasteiger partial charge is 0.269 e. The first-order valence-electron chi connectivity index (χ1n) is 8.09. The second-order valence-electron chi connectivity index (χ2n) is 5.83. The Morgan fingerprint density at radius 3 is 2.69 bits per heavy atom. The third-order valence-corrected chi connectivity index (χ3v) is 6.17. The Kier molecular flexibility index (Phi) is 7.06. The number of para-hydroxylation sites is 1. The zero-order valence-corrected chi connectivity index (χ0v) is 16.5. The number of carbonyl (C=O) groups excluding carboxylic acids is 1. The Morgan fingerprint density at radius 1 is 1.27 bits per heavy atom. The van der Waals surface area contributed by atoms with Gasteiger partial charge in [0.2, 0.25) is 15.4 Å². The molecule has 26 heavy (non-hydrogen) atoms. The number of benzene rings is 1. The molecule has 1 aromatic carbocycles.